The van der Waals surface area contributed by atoms with Crippen molar-refractivity contribution in [3.05, 3.63) is 50.1 Å². The average molecular weight is 409 g/mol. The fourth-order valence-corrected chi connectivity index (χ4v) is 3.19. The van der Waals surface area contributed by atoms with Gasteiger partial charge >= 0.3 is 0 Å². The average Bonchev–Trinajstić information content (AvgIpc) is 2.90. The number of benzene rings is 1. The number of nitrogens with one attached hydrogen (secondary N) is 1. The second-order valence-corrected chi connectivity index (χ2v) is 8.60. The molecule has 0 bridgehead atoms. The number of amides is 1. The molecule has 1 amide bonds. The zero-order valence-corrected chi connectivity index (χ0v) is 16.6. The van der Waals surface area contributed by atoms with Gasteiger partial charge in [-0.15, -0.1) is 11.3 Å². The molecule has 0 aliphatic rings. The van der Waals surface area contributed by atoms with Gasteiger partial charge in [-0.2, -0.15) is 5.10 Å². The van der Waals surface area contributed by atoms with Gasteiger partial charge in [0.1, 0.15) is 5.75 Å². The van der Waals surface area contributed by atoms with Gasteiger partial charge in [0.25, 0.3) is 5.91 Å². The Morgan fingerprint density at radius 2 is 2.08 bits per heavy atom. The molecule has 0 fully saturated rings. The zero-order chi connectivity index (χ0) is 17.7. The van der Waals surface area contributed by atoms with E-state index in [0.29, 0.717) is 5.75 Å². The predicted octanol–water partition coefficient (Wildman–Crippen LogP) is 4.65. The van der Waals surface area contributed by atoms with Gasteiger partial charge < -0.3 is 4.74 Å². The first kappa shape index (κ1) is 18.7. The molecule has 4 nitrogen and oxygen atoms in total. The van der Waals surface area contributed by atoms with E-state index in [-0.39, 0.29) is 17.9 Å². The summed E-state index contributed by atoms with van der Waals surface area (Å²) in [5.74, 6) is 0.335. The standard InChI is InChI=1S/C18H21BrN2O2S/c1-12-5-7-14(24-12)10-20-21-17(22)11-23-16-8-6-13(9-15(16)19)18(2,3)4/h5-10H,11H2,1-4H3,(H,21,22)/b20-10-. The molecule has 24 heavy (non-hydrogen) atoms. The van der Waals surface area contributed by atoms with Crippen molar-refractivity contribution in [3.8, 4) is 5.75 Å². The van der Waals surface area contributed by atoms with Gasteiger partial charge in [0, 0.05) is 9.75 Å². The number of halogens is 1. The van der Waals surface area contributed by atoms with E-state index in [1.165, 1.54) is 10.4 Å². The molecule has 0 radical (unpaired) electrons. The summed E-state index contributed by atoms with van der Waals surface area (Å²) in [6.07, 6.45) is 1.63. The van der Waals surface area contributed by atoms with Crippen LogP contribution in [0.5, 0.6) is 5.75 Å². The van der Waals surface area contributed by atoms with Crippen molar-refractivity contribution in [3.63, 3.8) is 0 Å². The van der Waals surface area contributed by atoms with Crippen molar-refractivity contribution in [2.24, 2.45) is 5.10 Å². The van der Waals surface area contributed by atoms with E-state index >= 15 is 0 Å². The number of aryl methyl sites for hydroxylation is 1. The summed E-state index contributed by atoms with van der Waals surface area (Å²) in [4.78, 5) is 14.0. The number of nitrogens with zero attached hydrogens (tertiary/aromatic N) is 1. The van der Waals surface area contributed by atoms with Crippen molar-refractivity contribution < 1.29 is 9.53 Å². The molecule has 2 rings (SSSR count). The zero-order valence-electron chi connectivity index (χ0n) is 14.2. The Labute approximate surface area is 155 Å². The van der Waals surface area contributed by atoms with E-state index in [1.807, 2.05) is 37.3 Å². The van der Waals surface area contributed by atoms with Crippen LogP contribution < -0.4 is 10.2 Å². The van der Waals surface area contributed by atoms with E-state index in [9.17, 15) is 4.79 Å². The first-order valence-corrected chi connectivity index (χ1v) is 9.18. The molecule has 0 atom stereocenters. The van der Waals surface area contributed by atoms with Gasteiger partial charge in [0.2, 0.25) is 0 Å². The summed E-state index contributed by atoms with van der Waals surface area (Å²) in [6.45, 7) is 8.38. The maximum Gasteiger partial charge on any atom is 0.277 e. The third-order valence-corrected chi connectivity index (χ3v) is 4.85. The van der Waals surface area contributed by atoms with Gasteiger partial charge in [-0.1, -0.05) is 26.8 Å². The smallest absolute Gasteiger partial charge is 0.277 e. The number of rotatable bonds is 5. The predicted molar refractivity (Wildman–Crippen MR) is 103 cm³/mol. The molecule has 1 aromatic carbocycles. The Kier molecular flexibility index (Phi) is 6.18. The number of hydrogen-bond donors (Lipinski definition) is 1. The minimum atomic E-state index is -0.300. The van der Waals surface area contributed by atoms with Crippen molar-refractivity contribution in [1.82, 2.24) is 5.43 Å². The number of carbonyl (C=O) groups excluding carboxylic acids is 1. The summed E-state index contributed by atoms with van der Waals surface area (Å²) in [6, 6.07) is 9.87. The molecule has 128 valence electrons. The van der Waals surface area contributed by atoms with Crippen molar-refractivity contribution in [2.45, 2.75) is 33.1 Å². The Bertz CT molecular complexity index is 748. The third-order valence-electron chi connectivity index (χ3n) is 3.30. The van der Waals surface area contributed by atoms with Crippen molar-refractivity contribution >= 4 is 39.4 Å². The Morgan fingerprint density at radius 3 is 2.67 bits per heavy atom. The normalized spacial score (nSPS) is 11.7. The van der Waals surface area contributed by atoms with Crippen LogP contribution in [-0.4, -0.2) is 18.7 Å². The Balaban J connectivity index is 1.86. The highest BCUT2D eigenvalue weighted by Crippen LogP contribution is 2.31. The van der Waals surface area contributed by atoms with E-state index in [1.54, 1.807) is 17.6 Å². The van der Waals surface area contributed by atoms with Gasteiger partial charge in [-0.05, 0) is 58.1 Å². The highest BCUT2D eigenvalue weighted by molar-refractivity contribution is 9.10. The van der Waals surface area contributed by atoms with Crippen molar-refractivity contribution in [1.29, 1.82) is 0 Å². The maximum atomic E-state index is 11.8. The monoisotopic (exact) mass is 408 g/mol. The number of thiophene rings is 1. The van der Waals surface area contributed by atoms with E-state index in [2.05, 4.69) is 47.2 Å². The van der Waals surface area contributed by atoms with E-state index in [4.69, 9.17) is 4.74 Å². The fourth-order valence-electron chi connectivity index (χ4n) is 1.95. The first-order valence-electron chi connectivity index (χ1n) is 7.57. The Hall–Kier alpha value is -1.66. The number of hydrazone groups is 1. The number of ether oxygens (including phenoxy) is 1. The third kappa shape index (κ3) is 5.46. The molecule has 0 saturated carbocycles. The van der Waals surface area contributed by atoms with Crippen LogP contribution in [0, 0.1) is 6.92 Å². The second-order valence-electron chi connectivity index (χ2n) is 6.43. The van der Waals surface area contributed by atoms with E-state index in [0.717, 1.165) is 9.35 Å². The molecule has 0 saturated heterocycles. The summed E-state index contributed by atoms with van der Waals surface area (Å²) in [5.41, 5.74) is 3.72. The SMILES string of the molecule is Cc1ccc(/C=N\NC(=O)COc2ccc(C(C)(C)C)cc2Br)s1. The van der Waals surface area contributed by atoms with Crippen LogP contribution in [0.3, 0.4) is 0 Å². The molecule has 0 unspecified atom stereocenters. The maximum absolute atomic E-state index is 11.8. The lowest BCUT2D eigenvalue weighted by molar-refractivity contribution is -0.123. The Morgan fingerprint density at radius 1 is 1.33 bits per heavy atom. The van der Waals surface area contributed by atoms with Crippen LogP contribution in [0.1, 0.15) is 36.1 Å². The lowest BCUT2D eigenvalue weighted by Crippen LogP contribution is -2.24. The van der Waals surface area contributed by atoms with Gasteiger partial charge in [0.15, 0.2) is 6.61 Å². The van der Waals surface area contributed by atoms with Gasteiger partial charge in [0.05, 0.1) is 10.7 Å². The van der Waals surface area contributed by atoms with Crippen LogP contribution in [-0.2, 0) is 10.2 Å². The van der Waals surface area contributed by atoms with Crippen LogP contribution in [0.2, 0.25) is 0 Å². The quantitative estimate of drug-likeness (QED) is 0.578. The van der Waals surface area contributed by atoms with Crippen LogP contribution in [0.15, 0.2) is 39.9 Å². The van der Waals surface area contributed by atoms with Crippen LogP contribution in [0.25, 0.3) is 0 Å². The largest absolute Gasteiger partial charge is 0.483 e. The summed E-state index contributed by atoms with van der Waals surface area (Å²) in [5, 5.41) is 3.93. The number of carbonyl (C=O) groups is 1. The molecule has 1 heterocycles. The van der Waals surface area contributed by atoms with Crippen molar-refractivity contribution in [2.75, 3.05) is 6.61 Å². The highest BCUT2D eigenvalue weighted by Gasteiger charge is 2.15. The first-order chi connectivity index (χ1) is 11.3. The molecule has 1 aromatic heterocycles. The van der Waals surface area contributed by atoms with Crippen LogP contribution >= 0.6 is 27.3 Å². The van der Waals surface area contributed by atoms with Gasteiger partial charge in [-0.3, -0.25) is 4.79 Å². The molecule has 0 spiro atoms. The molecular weight excluding hydrogens is 388 g/mol. The molecular formula is C18H21BrN2O2S. The highest BCUT2D eigenvalue weighted by atomic mass is 79.9. The number of hydrogen-bond acceptors (Lipinski definition) is 4. The molecule has 1 N–H and O–H groups in total. The molecule has 0 aliphatic heterocycles. The van der Waals surface area contributed by atoms with Gasteiger partial charge in [-0.25, -0.2) is 5.43 Å². The summed E-state index contributed by atoms with van der Waals surface area (Å²) < 4.78 is 6.38. The minimum absolute atomic E-state index is 0.0628. The van der Waals surface area contributed by atoms with E-state index < -0.39 is 0 Å². The van der Waals surface area contributed by atoms with Crippen LogP contribution in [0.4, 0.5) is 0 Å². The fraction of sp³-hybridized carbons (Fsp3) is 0.333. The lowest BCUT2D eigenvalue weighted by atomic mass is 9.87. The molecule has 0 aliphatic carbocycles. The molecule has 2 aromatic rings. The summed E-state index contributed by atoms with van der Waals surface area (Å²) in [7, 11) is 0. The lowest BCUT2D eigenvalue weighted by Gasteiger charge is -2.20. The topological polar surface area (TPSA) is 50.7 Å². The summed E-state index contributed by atoms with van der Waals surface area (Å²) >= 11 is 5.11. The second kappa shape index (κ2) is 7.94. The minimum Gasteiger partial charge on any atom is -0.483 e. The molecule has 6 heteroatoms.